The normalized spacial score (nSPS) is 33.0. The van der Waals surface area contributed by atoms with Crippen LogP contribution < -0.4 is 0 Å². The van der Waals surface area contributed by atoms with Crippen molar-refractivity contribution < 1.29 is 0 Å². The van der Waals surface area contributed by atoms with Gasteiger partial charge in [-0.3, -0.25) is 0 Å². The van der Waals surface area contributed by atoms with Crippen molar-refractivity contribution in [1.29, 1.82) is 0 Å². The van der Waals surface area contributed by atoms with Crippen LogP contribution in [0, 0.1) is 11.8 Å². The fourth-order valence-electron chi connectivity index (χ4n) is 1.87. The lowest BCUT2D eigenvalue weighted by Gasteiger charge is -2.14. The lowest BCUT2D eigenvalue weighted by molar-refractivity contribution is 0.315. The maximum Gasteiger partial charge on any atom is 0.00723 e. The van der Waals surface area contributed by atoms with Crippen LogP contribution in [0.1, 0.15) is 19.3 Å². The predicted octanol–water partition coefficient (Wildman–Crippen LogP) is 2.11. The van der Waals surface area contributed by atoms with Crippen molar-refractivity contribution >= 4 is 15.9 Å². The van der Waals surface area contributed by atoms with E-state index < -0.39 is 0 Å². The lowest BCUT2D eigenvalue weighted by atomic mass is 10.2. The average molecular weight is 218 g/mol. The van der Waals surface area contributed by atoms with Gasteiger partial charge in [-0.05, 0) is 37.6 Å². The molecule has 1 saturated carbocycles. The van der Waals surface area contributed by atoms with E-state index in [2.05, 4.69) is 20.8 Å². The van der Waals surface area contributed by atoms with E-state index >= 15 is 0 Å². The van der Waals surface area contributed by atoms with Crippen LogP contribution in [0.4, 0.5) is 0 Å². The minimum atomic E-state index is 0.939. The fraction of sp³-hybridized carbons (Fsp3) is 1.00. The fourth-order valence-corrected chi connectivity index (χ4v) is 2.40. The Hall–Kier alpha value is 0.440. The molecule has 0 N–H and O–H groups in total. The lowest BCUT2D eigenvalue weighted by Crippen LogP contribution is -2.23. The minimum absolute atomic E-state index is 0.939. The van der Waals surface area contributed by atoms with Gasteiger partial charge in [0.05, 0.1) is 0 Å². The first-order valence-corrected chi connectivity index (χ1v) is 5.79. The molecule has 0 amide bonds. The van der Waals surface area contributed by atoms with Crippen molar-refractivity contribution in [3.8, 4) is 0 Å². The highest BCUT2D eigenvalue weighted by molar-refractivity contribution is 9.09. The van der Waals surface area contributed by atoms with Crippen LogP contribution in [0.5, 0.6) is 0 Å². The van der Waals surface area contributed by atoms with Crippen molar-refractivity contribution in [3.63, 3.8) is 0 Å². The van der Waals surface area contributed by atoms with Gasteiger partial charge in [0.2, 0.25) is 0 Å². The van der Waals surface area contributed by atoms with Crippen molar-refractivity contribution in [2.24, 2.45) is 11.8 Å². The molecule has 2 fully saturated rings. The summed E-state index contributed by atoms with van der Waals surface area (Å²) in [5.74, 6) is 2.01. The van der Waals surface area contributed by atoms with Gasteiger partial charge < -0.3 is 4.90 Å². The smallest absolute Gasteiger partial charge is 0.00723 e. The number of hydrogen-bond donors (Lipinski definition) is 0. The number of halogens is 1. The molecule has 1 unspecified atom stereocenters. The molecular formula is C9H16BrN. The van der Waals surface area contributed by atoms with Gasteiger partial charge in [-0.25, -0.2) is 0 Å². The van der Waals surface area contributed by atoms with E-state index in [1.54, 1.807) is 0 Å². The molecule has 1 heterocycles. The van der Waals surface area contributed by atoms with Gasteiger partial charge in [-0.1, -0.05) is 15.9 Å². The zero-order chi connectivity index (χ0) is 7.68. The number of alkyl halides is 1. The maximum absolute atomic E-state index is 3.56. The van der Waals surface area contributed by atoms with Gasteiger partial charge in [-0.2, -0.15) is 0 Å². The third-order valence-corrected chi connectivity index (χ3v) is 3.72. The molecule has 2 aliphatic rings. The Morgan fingerprint density at radius 3 is 2.55 bits per heavy atom. The maximum atomic E-state index is 3.56. The van der Waals surface area contributed by atoms with Crippen molar-refractivity contribution in [2.45, 2.75) is 19.3 Å². The molecule has 0 aromatic rings. The molecule has 11 heavy (non-hydrogen) atoms. The molecule has 0 aromatic heterocycles. The largest absolute Gasteiger partial charge is 0.303 e. The number of likely N-dealkylation sites (tertiary alicyclic amines) is 1. The van der Waals surface area contributed by atoms with Crippen LogP contribution in [0.25, 0.3) is 0 Å². The van der Waals surface area contributed by atoms with Gasteiger partial charge >= 0.3 is 0 Å². The summed E-state index contributed by atoms with van der Waals surface area (Å²) in [6, 6.07) is 0. The van der Waals surface area contributed by atoms with E-state index in [1.165, 1.54) is 44.2 Å². The molecule has 2 rings (SSSR count). The van der Waals surface area contributed by atoms with Gasteiger partial charge in [0.25, 0.3) is 0 Å². The Kier molecular flexibility index (Phi) is 2.52. The molecule has 2 heteroatoms. The van der Waals surface area contributed by atoms with Crippen LogP contribution in [0.3, 0.4) is 0 Å². The van der Waals surface area contributed by atoms with Gasteiger partial charge in [0, 0.05) is 18.4 Å². The molecule has 64 valence electrons. The molecule has 1 atom stereocenters. The summed E-state index contributed by atoms with van der Waals surface area (Å²) in [4.78, 5) is 2.64. The number of hydrogen-bond acceptors (Lipinski definition) is 1. The summed E-state index contributed by atoms with van der Waals surface area (Å²) in [7, 11) is 0. The van der Waals surface area contributed by atoms with Crippen LogP contribution in [0.15, 0.2) is 0 Å². The molecular weight excluding hydrogens is 202 g/mol. The first-order valence-electron chi connectivity index (χ1n) is 4.67. The quantitative estimate of drug-likeness (QED) is 0.656. The highest BCUT2D eigenvalue weighted by Crippen LogP contribution is 2.31. The second-order valence-corrected chi connectivity index (χ2v) is 4.66. The Labute approximate surface area is 77.3 Å². The summed E-state index contributed by atoms with van der Waals surface area (Å²) < 4.78 is 0. The predicted molar refractivity (Wildman–Crippen MR) is 51.1 cm³/mol. The van der Waals surface area contributed by atoms with E-state index in [1.807, 2.05) is 0 Å². The minimum Gasteiger partial charge on any atom is -0.303 e. The molecule has 0 radical (unpaired) electrons. The number of rotatable bonds is 3. The molecule has 0 bridgehead atoms. The Morgan fingerprint density at radius 1 is 1.18 bits per heavy atom. The van der Waals surface area contributed by atoms with Gasteiger partial charge in [-0.15, -0.1) is 0 Å². The SMILES string of the molecule is BrCC1CCN(CC2CC2)C1. The van der Waals surface area contributed by atoms with E-state index in [0.29, 0.717) is 0 Å². The first-order chi connectivity index (χ1) is 5.38. The van der Waals surface area contributed by atoms with Gasteiger partial charge in [0.15, 0.2) is 0 Å². The van der Waals surface area contributed by atoms with Crippen LogP contribution in [-0.2, 0) is 0 Å². The summed E-state index contributed by atoms with van der Waals surface area (Å²) in [6.45, 7) is 4.10. The van der Waals surface area contributed by atoms with E-state index in [4.69, 9.17) is 0 Å². The van der Waals surface area contributed by atoms with Gasteiger partial charge in [0.1, 0.15) is 0 Å². The molecule has 0 spiro atoms. The standard InChI is InChI=1S/C9H16BrN/c10-5-9-3-4-11(7-9)6-8-1-2-8/h8-9H,1-7H2. The molecule has 1 saturated heterocycles. The van der Waals surface area contributed by atoms with E-state index in [-0.39, 0.29) is 0 Å². The molecule has 1 aliphatic heterocycles. The van der Waals surface area contributed by atoms with Crippen molar-refractivity contribution in [2.75, 3.05) is 25.0 Å². The van der Waals surface area contributed by atoms with E-state index in [9.17, 15) is 0 Å². The second-order valence-electron chi connectivity index (χ2n) is 4.01. The first kappa shape index (κ1) is 8.06. The second kappa shape index (κ2) is 3.44. The third-order valence-electron chi connectivity index (χ3n) is 2.80. The Balaban J connectivity index is 1.70. The Morgan fingerprint density at radius 2 is 2.00 bits per heavy atom. The Bertz CT molecular complexity index is 134. The summed E-state index contributed by atoms with van der Waals surface area (Å²) in [5.41, 5.74) is 0. The molecule has 1 nitrogen and oxygen atoms in total. The van der Waals surface area contributed by atoms with Crippen molar-refractivity contribution in [1.82, 2.24) is 4.90 Å². The average Bonchev–Trinajstić information content (AvgIpc) is 2.68. The topological polar surface area (TPSA) is 3.24 Å². The van der Waals surface area contributed by atoms with Crippen LogP contribution in [0.2, 0.25) is 0 Å². The van der Waals surface area contributed by atoms with E-state index in [0.717, 1.165) is 11.8 Å². The zero-order valence-corrected chi connectivity index (χ0v) is 8.52. The monoisotopic (exact) mass is 217 g/mol. The summed E-state index contributed by atoms with van der Waals surface area (Å²) >= 11 is 3.56. The number of nitrogens with zero attached hydrogens (tertiary/aromatic N) is 1. The summed E-state index contributed by atoms with van der Waals surface area (Å²) in [5, 5.41) is 1.20. The van der Waals surface area contributed by atoms with Crippen LogP contribution >= 0.6 is 15.9 Å². The summed E-state index contributed by atoms with van der Waals surface area (Å²) in [6.07, 6.45) is 4.41. The van der Waals surface area contributed by atoms with Crippen LogP contribution in [-0.4, -0.2) is 29.9 Å². The molecule has 0 aromatic carbocycles. The highest BCUT2D eigenvalue weighted by atomic mass is 79.9. The highest BCUT2D eigenvalue weighted by Gasteiger charge is 2.28. The third kappa shape index (κ3) is 2.19. The molecule has 1 aliphatic carbocycles. The zero-order valence-electron chi connectivity index (χ0n) is 6.93. The van der Waals surface area contributed by atoms with Crippen molar-refractivity contribution in [3.05, 3.63) is 0 Å².